The summed E-state index contributed by atoms with van der Waals surface area (Å²) in [4.78, 5) is 23.1. The first-order valence-corrected chi connectivity index (χ1v) is 9.70. The molecule has 6 nitrogen and oxygen atoms in total. The Balaban J connectivity index is 1.25. The maximum Gasteiger partial charge on any atom is 0.335 e. The first-order valence-electron chi connectivity index (χ1n) is 9.70. The average molecular weight is 366 g/mol. The number of carbonyl (C=O) groups excluding carboxylic acids is 2. The Labute approximate surface area is 155 Å². The maximum atomic E-state index is 11.7. The summed E-state index contributed by atoms with van der Waals surface area (Å²) >= 11 is 0. The van der Waals surface area contributed by atoms with Crippen LogP contribution in [0.1, 0.15) is 46.0 Å². The van der Waals surface area contributed by atoms with Crippen molar-refractivity contribution in [1.82, 2.24) is 0 Å². The first-order chi connectivity index (χ1) is 12.4. The maximum absolute atomic E-state index is 11.7. The van der Waals surface area contributed by atoms with E-state index in [0.29, 0.717) is 49.6 Å². The Hall–Kier alpha value is -1.40. The highest BCUT2D eigenvalue weighted by Crippen LogP contribution is 2.50. The largest absolute Gasteiger partial charge is 0.461 e. The number of hydrogen-bond donors (Lipinski definition) is 0. The van der Waals surface area contributed by atoms with E-state index in [4.69, 9.17) is 18.9 Å². The van der Waals surface area contributed by atoms with Crippen molar-refractivity contribution in [3.05, 3.63) is 12.2 Å². The van der Waals surface area contributed by atoms with Gasteiger partial charge < -0.3 is 18.9 Å². The van der Waals surface area contributed by atoms with Crippen LogP contribution in [0.25, 0.3) is 0 Å². The molecule has 6 heteroatoms. The van der Waals surface area contributed by atoms with Crippen LogP contribution >= 0.6 is 0 Å². The van der Waals surface area contributed by atoms with E-state index in [-0.39, 0.29) is 24.1 Å². The van der Waals surface area contributed by atoms with Crippen LogP contribution in [0.5, 0.6) is 0 Å². The van der Waals surface area contributed by atoms with Crippen LogP contribution in [-0.2, 0) is 28.5 Å². The zero-order valence-electron chi connectivity index (χ0n) is 15.8. The molecule has 3 aliphatic rings. The van der Waals surface area contributed by atoms with Gasteiger partial charge in [-0.2, -0.15) is 0 Å². The van der Waals surface area contributed by atoms with Gasteiger partial charge in [0.25, 0.3) is 0 Å². The van der Waals surface area contributed by atoms with Crippen LogP contribution in [0.3, 0.4) is 0 Å². The molecule has 2 bridgehead atoms. The smallest absolute Gasteiger partial charge is 0.335 e. The zero-order chi connectivity index (χ0) is 18.7. The lowest BCUT2D eigenvalue weighted by molar-refractivity contribution is -0.150. The minimum Gasteiger partial charge on any atom is -0.461 e. The zero-order valence-corrected chi connectivity index (χ0v) is 15.8. The molecule has 6 atom stereocenters. The molecule has 0 radical (unpaired) electrons. The fourth-order valence-electron chi connectivity index (χ4n) is 4.52. The van der Waals surface area contributed by atoms with Gasteiger partial charge in [0, 0.05) is 18.6 Å². The lowest BCUT2D eigenvalue weighted by Crippen LogP contribution is -2.28. The molecule has 1 saturated heterocycles. The third-order valence-corrected chi connectivity index (χ3v) is 5.85. The van der Waals surface area contributed by atoms with Gasteiger partial charge in [-0.1, -0.05) is 6.58 Å². The third-order valence-electron chi connectivity index (χ3n) is 5.85. The topological polar surface area (TPSA) is 71.1 Å². The van der Waals surface area contributed by atoms with E-state index in [0.717, 1.165) is 25.7 Å². The Bertz CT molecular complexity index is 544. The quantitative estimate of drug-likeness (QED) is 0.355. The Morgan fingerprint density at radius 2 is 1.96 bits per heavy atom. The fourth-order valence-corrected chi connectivity index (χ4v) is 4.52. The van der Waals surface area contributed by atoms with E-state index in [1.165, 1.54) is 0 Å². The molecule has 26 heavy (non-hydrogen) atoms. The Morgan fingerprint density at radius 3 is 2.58 bits per heavy atom. The number of cyclic esters (lactones) is 1. The molecule has 1 heterocycles. The SMILES string of the molecule is C=C(C)C(=O)OC1CC2CC1CC2CCOCCOC1CC(C)OC1=O. The molecule has 2 aliphatic carbocycles. The van der Waals surface area contributed by atoms with E-state index in [9.17, 15) is 9.59 Å². The number of fused-ring (bicyclic) bond motifs is 2. The molecule has 1 aliphatic heterocycles. The summed E-state index contributed by atoms with van der Waals surface area (Å²) < 4.78 is 21.8. The molecule has 0 aromatic carbocycles. The van der Waals surface area contributed by atoms with Crippen LogP contribution in [-0.4, -0.2) is 50.1 Å². The van der Waals surface area contributed by atoms with Crippen LogP contribution < -0.4 is 0 Å². The predicted octanol–water partition coefficient (Wildman–Crippen LogP) is 2.65. The second-order valence-corrected chi connectivity index (χ2v) is 7.96. The number of rotatable bonds is 9. The molecular weight excluding hydrogens is 336 g/mol. The van der Waals surface area contributed by atoms with E-state index < -0.39 is 6.10 Å². The standard InChI is InChI=1S/C20H30O6/c1-12(2)19(21)26-17-11-15-10-16(17)9-14(15)4-5-23-6-7-24-18-8-13(3)25-20(18)22/h13-18H,1,4-11H2,2-3H3. The second kappa shape index (κ2) is 8.53. The molecule has 3 rings (SSSR count). The van der Waals surface area contributed by atoms with Gasteiger partial charge >= 0.3 is 11.9 Å². The lowest BCUT2D eigenvalue weighted by atomic mass is 9.85. The van der Waals surface area contributed by atoms with Gasteiger partial charge in [-0.3, -0.25) is 0 Å². The molecule has 3 fully saturated rings. The van der Waals surface area contributed by atoms with Crippen LogP contribution in [0.15, 0.2) is 12.2 Å². The summed E-state index contributed by atoms with van der Waals surface area (Å²) in [5.41, 5.74) is 0.472. The first kappa shape index (κ1) is 19.4. The number of carbonyl (C=O) groups is 2. The normalized spacial score (nSPS) is 35.5. The summed E-state index contributed by atoms with van der Waals surface area (Å²) in [6.45, 7) is 8.83. The van der Waals surface area contributed by atoms with Crippen molar-refractivity contribution in [3.63, 3.8) is 0 Å². The highest BCUT2D eigenvalue weighted by molar-refractivity contribution is 5.87. The van der Waals surface area contributed by atoms with Gasteiger partial charge in [-0.05, 0) is 57.3 Å². The van der Waals surface area contributed by atoms with Gasteiger partial charge in [-0.25, -0.2) is 9.59 Å². The number of ether oxygens (including phenoxy) is 4. The minimum atomic E-state index is -0.432. The molecule has 146 valence electrons. The molecule has 0 aromatic rings. The lowest BCUT2D eigenvalue weighted by Gasteiger charge is -2.27. The van der Waals surface area contributed by atoms with Crippen molar-refractivity contribution >= 4 is 11.9 Å². The van der Waals surface area contributed by atoms with Crippen LogP contribution in [0.2, 0.25) is 0 Å². The van der Waals surface area contributed by atoms with E-state index >= 15 is 0 Å². The average Bonchev–Trinajstić information content (AvgIpc) is 3.24. The Kier molecular flexibility index (Phi) is 6.35. The van der Waals surface area contributed by atoms with Crippen molar-refractivity contribution in [2.45, 2.75) is 64.3 Å². The molecule has 0 N–H and O–H groups in total. The van der Waals surface area contributed by atoms with Gasteiger partial charge in [0.1, 0.15) is 12.2 Å². The van der Waals surface area contributed by atoms with Crippen molar-refractivity contribution in [2.24, 2.45) is 17.8 Å². The van der Waals surface area contributed by atoms with E-state index in [2.05, 4.69) is 6.58 Å². The van der Waals surface area contributed by atoms with Crippen LogP contribution in [0.4, 0.5) is 0 Å². The summed E-state index contributed by atoms with van der Waals surface area (Å²) in [5, 5.41) is 0. The highest BCUT2D eigenvalue weighted by Gasteiger charge is 2.47. The molecule has 2 saturated carbocycles. The Morgan fingerprint density at radius 1 is 1.15 bits per heavy atom. The summed E-state index contributed by atoms with van der Waals surface area (Å²) in [6.07, 6.45) is 4.49. The van der Waals surface area contributed by atoms with Gasteiger partial charge in [0.15, 0.2) is 6.10 Å². The third kappa shape index (κ3) is 4.65. The fraction of sp³-hybridized carbons (Fsp3) is 0.800. The molecule has 6 unspecified atom stereocenters. The predicted molar refractivity (Wildman–Crippen MR) is 94.4 cm³/mol. The second-order valence-electron chi connectivity index (χ2n) is 7.96. The van der Waals surface area contributed by atoms with E-state index in [1.54, 1.807) is 6.92 Å². The van der Waals surface area contributed by atoms with Crippen molar-refractivity contribution in [1.29, 1.82) is 0 Å². The summed E-state index contributed by atoms with van der Waals surface area (Å²) in [6, 6.07) is 0. The monoisotopic (exact) mass is 366 g/mol. The van der Waals surface area contributed by atoms with Gasteiger partial charge in [0.05, 0.1) is 13.2 Å². The van der Waals surface area contributed by atoms with Gasteiger partial charge in [-0.15, -0.1) is 0 Å². The van der Waals surface area contributed by atoms with Gasteiger partial charge in [0.2, 0.25) is 0 Å². The van der Waals surface area contributed by atoms with Crippen molar-refractivity contribution < 1.29 is 28.5 Å². The minimum absolute atomic E-state index is 0.0512. The summed E-state index contributed by atoms with van der Waals surface area (Å²) in [7, 11) is 0. The van der Waals surface area contributed by atoms with Crippen molar-refractivity contribution in [2.75, 3.05) is 19.8 Å². The van der Waals surface area contributed by atoms with Crippen LogP contribution in [0, 0.1) is 17.8 Å². The molecule has 0 amide bonds. The highest BCUT2D eigenvalue weighted by atomic mass is 16.6. The number of esters is 2. The number of hydrogen-bond acceptors (Lipinski definition) is 6. The molecule has 0 spiro atoms. The summed E-state index contributed by atoms with van der Waals surface area (Å²) in [5.74, 6) is 1.26. The van der Waals surface area contributed by atoms with Crippen molar-refractivity contribution in [3.8, 4) is 0 Å². The molecule has 0 aromatic heterocycles. The van der Waals surface area contributed by atoms with E-state index in [1.807, 2.05) is 6.92 Å². The molecular formula is C20H30O6.